The highest BCUT2D eigenvalue weighted by molar-refractivity contribution is 7.26. The summed E-state index contributed by atoms with van der Waals surface area (Å²) < 4.78 is 7.57. The van der Waals surface area contributed by atoms with Crippen LogP contribution in [0.1, 0.15) is 57.2 Å². The van der Waals surface area contributed by atoms with E-state index in [4.69, 9.17) is 0 Å². The molecule has 0 aliphatic heterocycles. The van der Waals surface area contributed by atoms with E-state index in [1.165, 1.54) is 64.5 Å². The Kier molecular flexibility index (Phi) is 4.88. The first-order chi connectivity index (χ1) is 16.7. The molecule has 6 aromatic rings. The number of benzene rings is 3. The predicted molar refractivity (Wildman–Crippen MR) is 152 cm³/mol. The average molecular weight is 478 g/mol. The van der Waals surface area contributed by atoms with E-state index in [2.05, 4.69) is 125 Å². The molecular weight excluding hydrogens is 444 g/mol. The number of rotatable bonds is 2. The van der Waals surface area contributed by atoms with E-state index >= 15 is 0 Å². The molecule has 2 nitrogen and oxygen atoms in total. The first-order valence-electron chi connectivity index (χ1n) is 12.6. The minimum Gasteiger partial charge on any atom is -0.237 e. The van der Waals surface area contributed by atoms with Crippen LogP contribution in [0, 0.1) is 6.92 Å². The zero-order valence-corrected chi connectivity index (χ0v) is 22.5. The van der Waals surface area contributed by atoms with Crippen molar-refractivity contribution in [3.05, 3.63) is 83.6 Å². The highest BCUT2D eigenvalue weighted by Crippen LogP contribution is 2.48. The molecule has 0 fully saturated rings. The van der Waals surface area contributed by atoms with Crippen molar-refractivity contribution in [2.24, 2.45) is 7.05 Å². The van der Waals surface area contributed by atoms with Crippen molar-refractivity contribution in [3.63, 3.8) is 0 Å². The summed E-state index contributed by atoms with van der Waals surface area (Å²) in [6, 6.07) is 22.5. The van der Waals surface area contributed by atoms with Gasteiger partial charge in [-0.2, -0.15) is 4.57 Å². The smallest absolute Gasteiger partial charge is 0.237 e. The Morgan fingerprint density at radius 1 is 0.886 bits per heavy atom. The SMILES string of the molecule is Cc1c(C(C)C)c2c3ccccc3sc2c2c3ccccc3n(-c3cc(C(C)(C)C)cc[n+]3C)c12. The largest absolute Gasteiger partial charge is 0.286 e. The van der Waals surface area contributed by atoms with Crippen LogP contribution in [0.4, 0.5) is 0 Å². The van der Waals surface area contributed by atoms with Crippen molar-refractivity contribution >= 4 is 53.3 Å². The van der Waals surface area contributed by atoms with Crippen LogP contribution in [0.15, 0.2) is 66.9 Å². The van der Waals surface area contributed by atoms with Gasteiger partial charge in [0, 0.05) is 37.2 Å². The number of aryl methyl sites for hydroxylation is 2. The van der Waals surface area contributed by atoms with Crippen molar-refractivity contribution in [1.29, 1.82) is 0 Å². The minimum atomic E-state index is 0.0820. The molecule has 0 saturated carbocycles. The van der Waals surface area contributed by atoms with Gasteiger partial charge in [0.15, 0.2) is 0 Å². The number of aromatic nitrogens is 2. The molecule has 0 N–H and O–H groups in total. The van der Waals surface area contributed by atoms with Crippen molar-refractivity contribution in [3.8, 4) is 5.82 Å². The maximum Gasteiger partial charge on any atom is 0.286 e. The predicted octanol–water partition coefficient (Wildman–Crippen LogP) is 8.71. The fraction of sp³-hybridized carbons (Fsp3) is 0.281. The fourth-order valence-electron chi connectivity index (χ4n) is 5.83. The van der Waals surface area contributed by atoms with Crippen LogP contribution in [0.3, 0.4) is 0 Å². The van der Waals surface area contributed by atoms with Gasteiger partial charge in [-0.1, -0.05) is 65.0 Å². The van der Waals surface area contributed by atoms with Crippen LogP contribution in [-0.4, -0.2) is 4.57 Å². The summed E-state index contributed by atoms with van der Waals surface area (Å²) in [4.78, 5) is 0. The van der Waals surface area contributed by atoms with Gasteiger partial charge in [-0.15, -0.1) is 11.3 Å². The molecule has 0 bridgehead atoms. The maximum absolute atomic E-state index is 2.52. The normalized spacial score (nSPS) is 12.7. The van der Waals surface area contributed by atoms with E-state index in [0.29, 0.717) is 5.92 Å². The second kappa shape index (κ2) is 7.66. The van der Waals surface area contributed by atoms with Gasteiger partial charge < -0.3 is 0 Å². The first-order valence-corrected chi connectivity index (χ1v) is 13.4. The number of hydrogen-bond acceptors (Lipinski definition) is 1. The fourth-order valence-corrected chi connectivity index (χ4v) is 7.11. The Balaban J connectivity index is 1.90. The van der Waals surface area contributed by atoms with Gasteiger partial charge in [0.05, 0.1) is 18.6 Å². The number of hydrogen-bond donors (Lipinski definition) is 0. The van der Waals surface area contributed by atoms with Crippen molar-refractivity contribution < 1.29 is 4.57 Å². The molecule has 0 unspecified atom stereocenters. The standard InChI is InChI=1S/C32H33N2S/c1-19(2)27-20(3)30-29(31-28(27)23-13-9-11-15-25(23)35-31)22-12-8-10-14-24(22)34(30)26-18-21(32(4,5)6)16-17-33(26)7/h8-19H,1-7H3/q+1. The zero-order chi connectivity index (χ0) is 24.6. The van der Waals surface area contributed by atoms with Crippen LogP contribution < -0.4 is 4.57 Å². The number of nitrogens with zero attached hydrogens (tertiary/aromatic N) is 2. The second-order valence-corrected chi connectivity index (χ2v) is 12.3. The van der Waals surface area contributed by atoms with Gasteiger partial charge in [0.1, 0.15) is 11.0 Å². The van der Waals surface area contributed by atoms with Gasteiger partial charge in [-0.3, -0.25) is 0 Å². The van der Waals surface area contributed by atoms with Crippen LogP contribution in [0.25, 0.3) is 47.8 Å². The number of para-hydroxylation sites is 1. The molecular formula is C32H33N2S+. The summed E-state index contributed by atoms with van der Waals surface area (Å²) in [5.74, 6) is 1.64. The minimum absolute atomic E-state index is 0.0820. The first kappa shape index (κ1) is 22.3. The third kappa shape index (κ3) is 3.18. The third-order valence-electron chi connectivity index (χ3n) is 7.52. The lowest BCUT2D eigenvalue weighted by Crippen LogP contribution is -2.34. The Morgan fingerprint density at radius 3 is 2.29 bits per heavy atom. The molecule has 0 spiro atoms. The van der Waals surface area contributed by atoms with Crippen LogP contribution in [-0.2, 0) is 12.5 Å². The molecule has 0 aliphatic carbocycles. The van der Waals surface area contributed by atoms with Gasteiger partial charge in [-0.25, -0.2) is 4.57 Å². The summed E-state index contributed by atoms with van der Waals surface area (Å²) in [5, 5.41) is 5.55. The summed E-state index contributed by atoms with van der Waals surface area (Å²) in [6.45, 7) is 13.9. The number of pyridine rings is 1. The monoisotopic (exact) mass is 477 g/mol. The average Bonchev–Trinajstić information content (AvgIpc) is 3.35. The van der Waals surface area contributed by atoms with Gasteiger partial charge in [0.25, 0.3) is 5.82 Å². The third-order valence-corrected chi connectivity index (χ3v) is 8.71. The molecule has 6 rings (SSSR count). The van der Waals surface area contributed by atoms with E-state index in [9.17, 15) is 0 Å². The van der Waals surface area contributed by atoms with Crippen LogP contribution >= 0.6 is 11.3 Å². The van der Waals surface area contributed by atoms with Crippen LogP contribution in [0.5, 0.6) is 0 Å². The molecule has 0 saturated heterocycles. The Morgan fingerprint density at radius 2 is 1.57 bits per heavy atom. The number of fused-ring (bicyclic) bond motifs is 7. The molecule has 3 heterocycles. The number of thiophene rings is 1. The molecule has 3 aromatic heterocycles. The lowest BCUT2D eigenvalue weighted by Gasteiger charge is -2.19. The molecule has 176 valence electrons. The van der Waals surface area contributed by atoms with Crippen LogP contribution in [0.2, 0.25) is 0 Å². The Hall–Kier alpha value is -3.17. The molecule has 0 amide bonds. The van der Waals surface area contributed by atoms with Gasteiger partial charge in [-0.05, 0) is 53.6 Å². The summed E-state index contributed by atoms with van der Waals surface area (Å²) in [7, 11) is 2.17. The Labute approximate surface area is 211 Å². The van der Waals surface area contributed by atoms with Gasteiger partial charge >= 0.3 is 0 Å². The second-order valence-electron chi connectivity index (χ2n) is 11.2. The van der Waals surface area contributed by atoms with Crippen molar-refractivity contribution in [2.75, 3.05) is 0 Å². The topological polar surface area (TPSA) is 8.81 Å². The molecule has 0 aliphatic rings. The van der Waals surface area contributed by atoms with Crippen molar-refractivity contribution in [2.45, 2.75) is 52.9 Å². The molecule has 3 aromatic carbocycles. The quantitative estimate of drug-likeness (QED) is 0.221. The van der Waals surface area contributed by atoms with E-state index in [0.717, 1.165) is 0 Å². The molecule has 0 radical (unpaired) electrons. The molecule has 0 atom stereocenters. The highest BCUT2D eigenvalue weighted by Gasteiger charge is 2.29. The highest BCUT2D eigenvalue weighted by atomic mass is 32.1. The zero-order valence-electron chi connectivity index (χ0n) is 21.7. The summed E-state index contributed by atoms with van der Waals surface area (Å²) in [5.41, 5.74) is 6.91. The molecule has 35 heavy (non-hydrogen) atoms. The lowest BCUT2D eigenvalue weighted by atomic mass is 9.87. The van der Waals surface area contributed by atoms with E-state index < -0.39 is 0 Å². The van der Waals surface area contributed by atoms with E-state index in [-0.39, 0.29) is 5.41 Å². The maximum atomic E-state index is 2.52. The van der Waals surface area contributed by atoms with E-state index in [1.807, 2.05) is 11.3 Å². The Bertz CT molecular complexity index is 1770. The molecule has 3 heteroatoms. The van der Waals surface area contributed by atoms with E-state index in [1.54, 1.807) is 0 Å². The summed E-state index contributed by atoms with van der Waals surface area (Å²) >= 11 is 1.95. The van der Waals surface area contributed by atoms with Gasteiger partial charge in [0.2, 0.25) is 0 Å². The lowest BCUT2D eigenvalue weighted by molar-refractivity contribution is -0.665. The van der Waals surface area contributed by atoms with Crippen molar-refractivity contribution in [1.82, 2.24) is 4.57 Å². The summed E-state index contributed by atoms with van der Waals surface area (Å²) in [6.07, 6.45) is 2.22.